The zero-order chi connectivity index (χ0) is 12.3. The highest BCUT2D eigenvalue weighted by molar-refractivity contribution is 6.18. The number of alkyl halides is 1. The first kappa shape index (κ1) is 12.4. The number of ether oxygens (including phenoxy) is 1. The Kier molecular flexibility index (Phi) is 4.05. The smallest absolute Gasteiger partial charge is 0.221 e. The first-order valence-electron chi connectivity index (χ1n) is 5.92. The van der Waals surface area contributed by atoms with E-state index in [4.69, 9.17) is 16.3 Å². The molecule has 1 aliphatic rings. The number of piperidine rings is 1. The predicted molar refractivity (Wildman–Crippen MR) is 69.0 cm³/mol. The number of hydrogen-bond acceptors (Lipinski definition) is 4. The zero-order valence-corrected chi connectivity index (χ0v) is 11.1. The highest BCUT2D eigenvalue weighted by Gasteiger charge is 2.22. The van der Waals surface area contributed by atoms with Gasteiger partial charge in [0.1, 0.15) is 12.1 Å². The summed E-state index contributed by atoms with van der Waals surface area (Å²) < 4.78 is 5.23. The van der Waals surface area contributed by atoms with Crippen LogP contribution in [0.3, 0.4) is 0 Å². The minimum absolute atomic E-state index is 0.561. The summed E-state index contributed by atoms with van der Waals surface area (Å²) in [5, 5.41) is 0. The van der Waals surface area contributed by atoms with E-state index in [9.17, 15) is 0 Å². The van der Waals surface area contributed by atoms with Crippen LogP contribution in [0.15, 0.2) is 6.33 Å². The lowest BCUT2D eigenvalue weighted by molar-refractivity contribution is 0.392. The highest BCUT2D eigenvalue weighted by Crippen LogP contribution is 2.28. The molecule has 0 amide bonds. The second kappa shape index (κ2) is 5.54. The van der Waals surface area contributed by atoms with Gasteiger partial charge in [0.25, 0.3) is 0 Å². The van der Waals surface area contributed by atoms with Gasteiger partial charge in [-0.1, -0.05) is 0 Å². The Morgan fingerprint density at radius 2 is 2.35 bits per heavy atom. The van der Waals surface area contributed by atoms with Crippen molar-refractivity contribution in [2.75, 3.05) is 31.0 Å². The molecule has 2 rings (SSSR count). The van der Waals surface area contributed by atoms with Crippen molar-refractivity contribution in [2.45, 2.75) is 19.8 Å². The van der Waals surface area contributed by atoms with Gasteiger partial charge in [-0.3, -0.25) is 0 Å². The van der Waals surface area contributed by atoms with E-state index in [-0.39, 0.29) is 0 Å². The van der Waals surface area contributed by atoms with E-state index in [1.807, 2.05) is 6.92 Å². The quantitative estimate of drug-likeness (QED) is 0.777. The minimum atomic E-state index is 0.561. The van der Waals surface area contributed by atoms with Crippen LogP contribution < -0.4 is 9.64 Å². The van der Waals surface area contributed by atoms with Crippen molar-refractivity contribution in [3.63, 3.8) is 0 Å². The summed E-state index contributed by atoms with van der Waals surface area (Å²) >= 11 is 5.95. The Morgan fingerprint density at radius 3 is 3.06 bits per heavy atom. The van der Waals surface area contributed by atoms with Crippen LogP contribution in [0.2, 0.25) is 0 Å². The van der Waals surface area contributed by atoms with Crippen LogP contribution in [0, 0.1) is 12.8 Å². The molecule has 0 bridgehead atoms. The second-order valence-corrected chi connectivity index (χ2v) is 4.75. The molecule has 2 heterocycles. The Balaban J connectivity index is 2.21. The SMILES string of the molecule is COc1ncnc(N2CCCC(CCl)C2)c1C. The molecule has 0 aromatic carbocycles. The van der Waals surface area contributed by atoms with Gasteiger partial charge in [-0.25, -0.2) is 9.97 Å². The number of halogens is 1. The summed E-state index contributed by atoms with van der Waals surface area (Å²) in [6, 6.07) is 0. The Morgan fingerprint density at radius 1 is 1.53 bits per heavy atom. The maximum absolute atomic E-state index is 5.95. The Bertz CT molecular complexity index is 386. The number of methoxy groups -OCH3 is 1. The van der Waals surface area contributed by atoms with Crippen LogP contribution in [-0.4, -0.2) is 36.0 Å². The van der Waals surface area contributed by atoms with E-state index in [1.165, 1.54) is 12.8 Å². The van der Waals surface area contributed by atoms with E-state index in [0.29, 0.717) is 11.8 Å². The average Bonchev–Trinajstić information content (AvgIpc) is 2.39. The van der Waals surface area contributed by atoms with Gasteiger partial charge in [0.15, 0.2) is 0 Å². The van der Waals surface area contributed by atoms with Gasteiger partial charge < -0.3 is 9.64 Å². The number of rotatable bonds is 3. The summed E-state index contributed by atoms with van der Waals surface area (Å²) in [5.41, 5.74) is 1.00. The van der Waals surface area contributed by atoms with Crippen molar-refractivity contribution in [1.29, 1.82) is 0 Å². The Labute approximate surface area is 107 Å². The lowest BCUT2D eigenvalue weighted by Crippen LogP contribution is -2.37. The lowest BCUT2D eigenvalue weighted by atomic mass is 10.00. The minimum Gasteiger partial charge on any atom is -0.481 e. The fraction of sp³-hybridized carbons (Fsp3) is 0.667. The average molecular weight is 256 g/mol. The van der Waals surface area contributed by atoms with Crippen LogP contribution >= 0.6 is 11.6 Å². The number of anilines is 1. The molecule has 1 fully saturated rings. The van der Waals surface area contributed by atoms with Gasteiger partial charge in [-0.15, -0.1) is 11.6 Å². The third kappa shape index (κ3) is 2.63. The molecule has 1 aromatic rings. The van der Waals surface area contributed by atoms with Gasteiger partial charge in [0.2, 0.25) is 5.88 Å². The van der Waals surface area contributed by atoms with Gasteiger partial charge in [-0.2, -0.15) is 0 Å². The molecule has 0 saturated carbocycles. The first-order valence-corrected chi connectivity index (χ1v) is 6.46. The van der Waals surface area contributed by atoms with Crippen molar-refractivity contribution < 1.29 is 4.74 Å². The van der Waals surface area contributed by atoms with Crippen LogP contribution in [0.25, 0.3) is 0 Å². The number of hydrogen-bond donors (Lipinski definition) is 0. The van der Waals surface area contributed by atoms with E-state index in [1.54, 1.807) is 13.4 Å². The largest absolute Gasteiger partial charge is 0.481 e. The zero-order valence-electron chi connectivity index (χ0n) is 10.3. The number of aromatic nitrogens is 2. The maximum Gasteiger partial charge on any atom is 0.221 e. The van der Waals surface area contributed by atoms with Crippen LogP contribution in [0.4, 0.5) is 5.82 Å². The molecule has 5 heteroatoms. The molecule has 0 N–H and O–H groups in total. The van der Waals surface area contributed by atoms with E-state index in [0.717, 1.165) is 30.4 Å². The van der Waals surface area contributed by atoms with Gasteiger partial charge in [-0.05, 0) is 25.7 Å². The fourth-order valence-corrected chi connectivity index (χ4v) is 2.59. The molecule has 94 valence electrons. The molecule has 0 spiro atoms. The maximum atomic E-state index is 5.95. The Hall–Kier alpha value is -1.03. The topological polar surface area (TPSA) is 38.3 Å². The predicted octanol–water partition coefficient (Wildman–Crippen LogP) is 2.25. The molecule has 1 atom stereocenters. The van der Waals surface area contributed by atoms with Crippen LogP contribution in [-0.2, 0) is 0 Å². The van der Waals surface area contributed by atoms with Crippen molar-refractivity contribution >= 4 is 17.4 Å². The van der Waals surface area contributed by atoms with Crippen molar-refractivity contribution in [1.82, 2.24) is 9.97 Å². The summed E-state index contributed by atoms with van der Waals surface area (Å²) in [6.07, 6.45) is 3.94. The van der Waals surface area contributed by atoms with Gasteiger partial charge in [0, 0.05) is 19.0 Å². The van der Waals surface area contributed by atoms with E-state index >= 15 is 0 Å². The molecule has 1 unspecified atom stereocenters. The first-order chi connectivity index (χ1) is 8.26. The lowest BCUT2D eigenvalue weighted by Gasteiger charge is -2.33. The fourth-order valence-electron chi connectivity index (χ4n) is 2.33. The van der Waals surface area contributed by atoms with Crippen molar-refractivity contribution in [2.24, 2.45) is 5.92 Å². The summed E-state index contributed by atoms with van der Waals surface area (Å²) in [6.45, 7) is 4.01. The summed E-state index contributed by atoms with van der Waals surface area (Å²) in [7, 11) is 1.64. The molecule has 1 aromatic heterocycles. The van der Waals surface area contributed by atoms with Gasteiger partial charge >= 0.3 is 0 Å². The van der Waals surface area contributed by atoms with Crippen LogP contribution in [0.1, 0.15) is 18.4 Å². The van der Waals surface area contributed by atoms with Gasteiger partial charge in [0.05, 0.1) is 12.7 Å². The molecular weight excluding hydrogens is 238 g/mol. The standard InChI is InChI=1S/C12H18ClN3O/c1-9-11(14-8-15-12(9)17-2)16-5-3-4-10(6-13)7-16/h8,10H,3-7H2,1-2H3. The summed E-state index contributed by atoms with van der Waals surface area (Å²) in [5.74, 6) is 2.91. The third-order valence-electron chi connectivity index (χ3n) is 3.24. The third-order valence-corrected chi connectivity index (χ3v) is 3.68. The molecular formula is C12H18ClN3O. The molecule has 0 radical (unpaired) electrons. The molecule has 1 aliphatic heterocycles. The van der Waals surface area contributed by atoms with E-state index in [2.05, 4.69) is 14.9 Å². The van der Waals surface area contributed by atoms with E-state index < -0.39 is 0 Å². The molecule has 0 aliphatic carbocycles. The van der Waals surface area contributed by atoms with Crippen LogP contribution in [0.5, 0.6) is 5.88 Å². The summed E-state index contributed by atoms with van der Waals surface area (Å²) in [4.78, 5) is 10.8. The van der Waals surface area contributed by atoms with Crippen molar-refractivity contribution in [3.8, 4) is 5.88 Å². The normalized spacial score (nSPS) is 20.4. The second-order valence-electron chi connectivity index (χ2n) is 4.44. The monoisotopic (exact) mass is 255 g/mol. The highest BCUT2D eigenvalue weighted by atomic mass is 35.5. The molecule has 1 saturated heterocycles. The molecule has 17 heavy (non-hydrogen) atoms. The number of nitrogens with zero attached hydrogens (tertiary/aromatic N) is 3. The van der Waals surface area contributed by atoms with Crippen molar-refractivity contribution in [3.05, 3.63) is 11.9 Å². The molecule has 4 nitrogen and oxygen atoms in total.